The number of aromatic nitrogens is 1. The molecule has 186 valence electrons. The van der Waals surface area contributed by atoms with Gasteiger partial charge in [0.15, 0.2) is 0 Å². The molecule has 0 aliphatic heterocycles. The summed E-state index contributed by atoms with van der Waals surface area (Å²) in [4.78, 5) is 43.7. The molecular formula is C25H26ClFN2O5S. The van der Waals surface area contributed by atoms with Gasteiger partial charge in [0.25, 0.3) is 5.91 Å². The number of thioether (sulfide) groups is 1. The van der Waals surface area contributed by atoms with Gasteiger partial charge in [0, 0.05) is 28.4 Å². The minimum atomic E-state index is -0.705. The molecule has 1 amide bonds. The van der Waals surface area contributed by atoms with Gasteiger partial charge in [-0.1, -0.05) is 11.6 Å². The van der Waals surface area contributed by atoms with Gasteiger partial charge in [-0.3, -0.25) is 14.6 Å². The number of nitrogens with zero attached hydrogens (tertiary/aromatic N) is 2. The monoisotopic (exact) mass is 520 g/mol. The van der Waals surface area contributed by atoms with Crippen LogP contribution in [0.3, 0.4) is 0 Å². The van der Waals surface area contributed by atoms with E-state index in [0.717, 1.165) is 41.8 Å². The van der Waals surface area contributed by atoms with E-state index in [0.29, 0.717) is 28.9 Å². The fourth-order valence-corrected chi connectivity index (χ4v) is 4.88. The highest BCUT2D eigenvalue weighted by molar-refractivity contribution is 8.00. The molecule has 0 atom stereocenters. The fourth-order valence-electron chi connectivity index (χ4n) is 3.78. The summed E-state index contributed by atoms with van der Waals surface area (Å²) in [6, 6.07) is 4.35. The molecule has 0 N–H and O–H groups in total. The third-order valence-corrected chi connectivity index (χ3v) is 7.20. The minimum absolute atomic E-state index is 0.0164. The number of aryl methyl sites for hydroxylation is 1. The first kappa shape index (κ1) is 26.7. The number of halogens is 2. The summed E-state index contributed by atoms with van der Waals surface area (Å²) >= 11 is 7.31. The van der Waals surface area contributed by atoms with Crippen molar-refractivity contribution in [1.29, 1.82) is 0 Å². The van der Waals surface area contributed by atoms with E-state index in [1.807, 2.05) is 6.92 Å². The average molecular weight is 521 g/mol. The van der Waals surface area contributed by atoms with Gasteiger partial charge in [0.1, 0.15) is 5.82 Å². The van der Waals surface area contributed by atoms with Crippen LogP contribution in [0.25, 0.3) is 0 Å². The highest BCUT2D eigenvalue weighted by Crippen LogP contribution is 2.36. The van der Waals surface area contributed by atoms with Gasteiger partial charge >= 0.3 is 11.9 Å². The van der Waals surface area contributed by atoms with Crippen molar-refractivity contribution in [2.45, 2.75) is 44.0 Å². The van der Waals surface area contributed by atoms with Gasteiger partial charge in [-0.25, -0.2) is 9.18 Å². The lowest BCUT2D eigenvalue weighted by Gasteiger charge is -2.28. The van der Waals surface area contributed by atoms with Crippen molar-refractivity contribution in [3.05, 3.63) is 63.7 Å². The normalized spacial score (nSPS) is 13.4. The van der Waals surface area contributed by atoms with Crippen LogP contribution in [-0.2, 0) is 30.4 Å². The van der Waals surface area contributed by atoms with Crippen LogP contribution in [0.4, 0.5) is 10.1 Å². The van der Waals surface area contributed by atoms with Crippen molar-refractivity contribution in [3.63, 3.8) is 0 Å². The second kappa shape index (κ2) is 12.2. The largest absolute Gasteiger partial charge is 0.468 e. The molecule has 1 aliphatic carbocycles. The van der Waals surface area contributed by atoms with Crippen molar-refractivity contribution >= 4 is 46.9 Å². The van der Waals surface area contributed by atoms with Gasteiger partial charge in [0.2, 0.25) is 0 Å². The Hall–Kier alpha value is -2.91. The van der Waals surface area contributed by atoms with Crippen molar-refractivity contribution in [3.8, 4) is 0 Å². The first-order valence-corrected chi connectivity index (χ1v) is 12.3. The summed E-state index contributed by atoms with van der Waals surface area (Å²) < 4.78 is 24.9. The highest BCUT2D eigenvalue weighted by atomic mass is 35.5. The first-order valence-electron chi connectivity index (χ1n) is 11.0. The molecule has 2 aromatic rings. The summed E-state index contributed by atoms with van der Waals surface area (Å²) in [5, 5.41) is 0.109. The van der Waals surface area contributed by atoms with Crippen molar-refractivity contribution < 1.29 is 28.2 Å². The lowest BCUT2D eigenvalue weighted by Crippen LogP contribution is -2.35. The molecular weight excluding hydrogens is 495 g/mol. The summed E-state index contributed by atoms with van der Waals surface area (Å²) in [6.07, 6.45) is 5.53. The van der Waals surface area contributed by atoms with Gasteiger partial charge < -0.3 is 14.4 Å². The number of carbonyl (C=O) groups excluding carboxylic acids is 3. The quantitative estimate of drug-likeness (QED) is 0.356. The van der Waals surface area contributed by atoms with Crippen LogP contribution in [0.1, 0.15) is 36.8 Å². The third-order valence-electron chi connectivity index (χ3n) is 5.74. The van der Waals surface area contributed by atoms with Gasteiger partial charge in [-0.2, -0.15) is 0 Å². The number of rotatable bonds is 8. The number of anilines is 1. The SMILES string of the molecule is COC(=O)CSc1cc(N(Cc2cnccc2C)C(=O)C2=C(C(=O)OC)CCCC2)c(F)cc1Cl. The number of benzene rings is 1. The van der Waals surface area contributed by atoms with Crippen LogP contribution in [-0.4, -0.2) is 42.8 Å². The van der Waals surface area contributed by atoms with Crippen LogP contribution in [0.2, 0.25) is 5.02 Å². The van der Waals surface area contributed by atoms with Crippen molar-refractivity contribution in [2.75, 3.05) is 24.9 Å². The summed E-state index contributed by atoms with van der Waals surface area (Å²) in [5.41, 5.74) is 2.19. The summed E-state index contributed by atoms with van der Waals surface area (Å²) in [6.45, 7) is 1.89. The van der Waals surface area contributed by atoms with Crippen LogP contribution >= 0.6 is 23.4 Å². The van der Waals surface area contributed by atoms with Gasteiger partial charge in [-0.05, 0) is 61.9 Å². The van der Waals surface area contributed by atoms with E-state index in [1.54, 1.807) is 18.5 Å². The summed E-state index contributed by atoms with van der Waals surface area (Å²) in [7, 11) is 2.54. The molecule has 0 radical (unpaired) electrons. The van der Waals surface area contributed by atoms with E-state index in [9.17, 15) is 14.4 Å². The minimum Gasteiger partial charge on any atom is -0.468 e. The number of esters is 2. The first-order chi connectivity index (χ1) is 16.8. The number of hydrogen-bond acceptors (Lipinski definition) is 7. The number of pyridine rings is 1. The van der Waals surface area contributed by atoms with Gasteiger partial charge in [-0.15, -0.1) is 11.8 Å². The molecule has 0 fully saturated rings. The number of carbonyl (C=O) groups is 3. The zero-order chi connectivity index (χ0) is 25.5. The lowest BCUT2D eigenvalue weighted by atomic mass is 9.90. The standard InChI is InChI=1S/C25H26ClFN2O5S/c1-15-8-9-28-12-16(15)13-29(24(31)17-6-4-5-7-18(17)25(32)34-3)21-11-22(19(26)10-20(21)27)35-14-23(30)33-2/h8-12H,4-7,13-14H2,1-3H3. The molecule has 35 heavy (non-hydrogen) atoms. The van der Waals surface area contributed by atoms with Crippen molar-refractivity contribution in [1.82, 2.24) is 4.98 Å². The third kappa shape index (κ3) is 6.41. The molecule has 1 aliphatic rings. The Kier molecular flexibility index (Phi) is 9.28. The molecule has 3 rings (SSSR count). The van der Waals surface area contributed by atoms with Crippen LogP contribution in [0.15, 0.2) is 46.6 Å². The highest BCUT2D eigenvalue weighted by Gasteiger charge is 2.30. The molecule has 0 saturated carbocycles. The Morgan fingerprint density at radius 1 is 1.14 bits per heavy atom. The summed E-state index contributed by atoms with van der Waals surface area (Å²) in [5.74, 6) is -2.25. The smallest absolute Gasteiger partial charge is 0.334 e. The Bertz CT molecular complexity index is 1170. The molecule has 0 bridgehead atoms. The number of methoxy groups -OCH3 is 2. The molecule has 10 heteroatoms. The molecule has 0 saturated heterocycles. The van der Waals surface area contributed by atoms with Crippen LogP contribution < -0.4 is 4.90 Å². The van der Waals surface area contributed by atoms with E-state index < -0.39 is 23.7 Å². The molecule has 7 nitrogen and oxygen atoms in total. The van der Waals surface area contributed by atoms with E-state index in [1.165, 1.54) is 25.2 Å². The van der Waals surface area contributed by atoms with Crippen LogP contribution in [0, 0.1) is 12.7 Å². The number of ether oxygens (including phenoxy) is 2. The Balaban J connectivity index is 2.11. The maximum absolute atomic E-state index is 15.3. The Morgan fingerprint density at radius 2 is 1.86 bits per heavy atom. The zero-order valence-corrected chi connectivity index (χ0v) is 21.3. The molecule has 1 aromatic heterocycles. The Labute approximate surface area is 212 Å². The average Bonchev–Trinajstić information content (AvgIpc) is 2.87. The number of amides is 1. The maximum Gasteiger partial charge on any atom is 0.334 e. The topological polar surface area (TPSA) is 85.8 Å². The van der Waals surface area contributed by atoms with E-state index >= 15 is 4.39 Å². The molecule has 1 aromatic carbocycles. The van der Waals surface area contributed by atoms with Gasteiger partial charge in [0.05, 0.1) is 37.2 Å². The molecule has 0 unspecified atom stereocenters. The zero-order valence-electron chi connectivity index (χ0n) is 19.7. The lowest BCUT2D eigenvalue weighted by molar-refractivity contribution is -0.138. The maximum atomic E-state index is 15.3. The van der Waals surface area contributed by atoms with Crippen LogP contribution in [0.5, 0.6) is 0 Å². The van der Waals surface area contributed by atoms with E-state index in [4.69, 9.17) is 16.3 Å². The predicted octanol–water partition coefficient (Wildman–Crippen LogP) is 5.02. The fraction of sp³-hybridized carbons (Fsp3) is 0.360. The Morgan fingerprint density at radius 3 is 2.51 bits per heavy atom. The molecule has 1 heterocycles. The van der Waals surface area contributed by atoms with E-state index in [-0.39, 0.29) is 23.0 Å². The number of hydrogen-bond donors (Lipinski definition) is 0. The van der Waals surface area contributed by atoms with E-state index in [2.05, 4.69) is 9.72 Å². The molecule has 0 spiro atoms. The van der Waals surface area contributed by atoms with Crippen molar-refractivity contribution in [2.24, 2.45) is 0 Å². The second-order valence-electron chi connectivity index (χ2n) is 7.95. The second-order valence-corrected chi connectivity index (χ2v) is 9.37. The predicted molar refractivity (Wildman–Crippen MR) is 132 cm³/mol.